The average Bonchev–Trinajstić information content (AvgIpc) is 2.37. The molecule has 0 aromatic heterocycles. The molecule has 1 aromatic rings. The Balaban J connectivity index is 1.70. The lowest BCUT2D eigenvalue weighted by molar-refractivity contribution is -0.122. The lowest BCUT2D eigenvalue weighted by Crippen LogP contribution is -2.56. The Morgan fingerprint density at radius 1 is 1.38 bits per heavy atom. The Bertz CT molecular complexity index is 470. The van der Waals surface area contributed by atoms with E-state index in [1.807, 2.05) is 24.3 Å². The van der Waals surface area contributed by atoms with Crippen molar-refractivity contribution in [2.24, 2.45) is 0 Å². The van der Waals surface area contributed by atoms with E-state index in [4.69, 9.17) is 11.6 Å². The molecule has 1 saturated heterocycles. The molecular formula is C16H24ClN3O. The molecule has 4 nitrogen and oxygen atoms in total. The summed E-state index contributed by atoms with van der Waals surface area (Å²) in [5, 5.41) is 7.19. The Morgan fingerprint density at radius 3 is 2.76 bits per heavy atom. The fraction of sp³-hybridized carbons (Fsp3) is 0.562. The third-order valence-electron chi connectivity index (χ3n) is 3.63. The van der Waals surface area contributed by atoms with E-state index in [1.54, 1.807) is 0 Å². The van der Waals surface area contributed by atoms with Gasteiger partial charge >= 0.3 is 0 Å². The summed E-state index contributed by atoms with van der Waals surface area (Å²) in [6.07, 6.45) is 0.806. The maximum Gasteiger partial charge on any atom is 0.234 e. The van der Waals surface area contributed by atoms with Crippen LogP contribution in [0.5, 0.6) is 0 Å². The second kappa shape index (κ2) is 7.78. The van der Waals surface area contributed by atoms with Crippen LogP contribution in [-0.2, 0) is 11.2 Å². The fourth-order valence-corrected chi connectivity index (χ4v) is 3.08. The van der Waals surface area contributed by atoms with Gasteiger partial charge in [0.2, 0.25) is 5.91 Å². The van der Waals surface area contributed by atoms with Crippen LogP contribution in [-0.4, -0.2) is 49.1 Å². The first-order valence-corrected chi connectivity index (χ1v) is 7.90. The number of piperazine rings is 1. The summed E-state index contributed by atoms with van der Waals surface area (Å²) >= 11 is 5.94. The van der Waals surface area contributed by atoms with Crippen LogP contribution >= 0.6 is 11.6 Å². The first kappa shape index (κ1) is 16.3. The normalized spacial score (nSPS) is 23.0. The molecule has 0 radical (unpaired) electrons. The summed E-state index contributed by atoms with van der Waals surface area (Å²) in [5.41, 5.74) is 1.15. The molecule has 2 atom stereocenters. The summed E-state index contributed by atoms with van der Waals surface area (Å²) in [7, 11) is 0. The van der Waals surface area contributed by atoms with Crippen molar-refractivity contribution in [3.63, 3.8) is 0 Å². The molecule has 1 aromatic carbocycles. The van der Waals surface area contributed by atoms with Gasteiger partial charge in [-0.25, -0.2) is 0 Å². The Kier molecular flexibility index (Phi) is 6.03. The molecule has 2 N–H and O–H groups in total. The van der Waals surface area contributed by atoms with Crippen LogP contribution in [0.4, 0.5) is 0 Å². The van der Waals surface area contributed by atoms with Crippen molar-refractivity contribution in [1.82, 2.24) is 15.5 Å². The molecule has 116 valence electrons. The maximum atomic E-state index is 12.0. The molecule has 0 bridgehead atoms. The van der Waals surface area contributed by atoms with Gasteiger partial charge in [0.05, 0.1) is 6.54 Å². The van der Waals surface area contributed by atoms with Gasteiger partial charge < -0.3 is 10.6 Å². The van der Waals surface area contributed by atoms with Gasteiger partial charge in [0.15, 0.2) is 0 Å². The van der Waals surface area contributed by atoms with Crippen LogP contribution < -0.4 is 10.6 Å². The van der Waals surface area contributed by atoms with Crippen molar-refractivity contribution in [3.05, 3.63) is 34.9 Å². The third kappa shape index (κ3) is 5.65. The maximum absolute atomic E-state index is 12.0. The highest BCUT2D eigenvalue weighted by Crippen LogP contribution is 2.10. The number of benzene rings is 1. The minimum Gasteiger partial charge on any atom is -0.355 e. The van der Waals surface area contributed by atoms with Gasteiger partial charge in [0.25, 0.3) is 0 Å². The summed E-state index contributed by atoms with van der Waals surface area (Å²) in [6.45, 7) is 7.28. The van der Waals surface area contributed by atoms with Crippen molar-refractivity contribution in [3.8, 4) is 0 Å². The highest BCUT2D eigenvalue weighted by molar-refractivity contribution is 6.30. The van der Waals surface area contributed by atoms with E-state index in [-0.39, 0.29) is 5.91 Å². The molecular weight excluding hydrogens is 286 g/mol. The Labute approximate surface area is 131 Å². The van der Waals surface area contributed by atoms with E-state index in [0.717, 1.165) is 30.1 Å². The molecule has 1 aliphatic heterocycles. The molecule has 1 heterocycles. The summed E-state index contributed by atoms with van der Waals surface area (Å²) in [5.74, 6) is 0.0957. The number of rotatable bonds is 5. The quantitative estimate of drug-likeness (QED) is 0.870. The number of nitrogens with one attached hydrogen (secondary N) is 2. The zero-order chi connectivity index (χ0) is 15.2. The van der Waals surface area contributed by atoms with Crippen LogP contribution in [0.2, 0.25) is 5.02 Å². The topological polar surface area (TPSA) is 44.4 Å². The minimum atomic E-state index is 0.0957. The molecule has 0 saturated carbocycles. The number of hydrogen-bond acceptors (Lipinski definition) is 3. The van der Waals surface area contributed by atoms with Gasteiger partial charge in [-0.2, -0.15) is 0 Å². The smallest absolute Gasteiger partial charge is 0.234 e. The third-order valence-corrected chi connectivity index (χ3v) is 3.86. The molecule has 2 unspecified atom stereocenters. The number of hydrogen-bond donors (Lipinski definition) is 2. The molecule has 5 heteroatoms. The highest BCUT2D eigenvalue weighted by Gasteiger charge is 2.22. The van der Waals surface area contributed by atoms with E-state index in [1.165, 1.54) is 0 Å². The largest absolute Gasteiger partial charge is 0.355 e. The second-order valence-electron chi connectivity index (χ2n) is 5.89. The van der Waals surface area contributed by atoms with Crippen LogP contribution in [0.3, 0.4) is 0 Å². The predicted octanol–water partition coefficient (Wildman–Crippen LogP) is 1.68. The first-order valence-electron chi connectivity index (χ1n) is 7.52. The lowest BCUT2D eigenvalue weighted by atomic mass is 10.1. The molecule has 1 amide bonds. The number of nitrogens with zero attached hydrogens (tertiary/aromatic N) is 1. The summed E-state index contributed by atoms with van der Waals surface area (Å²) < 4.78 is 0. The van der Waals surface area contributed by atoms with Gasteiger partial charge in [-0.05, 0) is 38.0 Å². The number of carbonyl (C=O) groups excluding carboxylic acids is 1. The standard InChI is InChI=1S/C16H24ClN3O/c1-12-9-20(10-13(2)19-12)11-16(21)18-7-6-14-4-3-5-15(17)8-14/h3-5,8,12-13,19H,6-7,9-11H2,1-2H3,(H,18,21). The average molecular weight is 310 g/mol. The molecule has 1 aliphatic rings. The summed E-state index contributed by atoms with van der Waals surface area (Å²) in [4.78, 5) is 14.2. The van der Waals surface area contributed by atoms with Crippen LogP contribution in [0, 0.1) is 0 Å². The van der Waals surface area contributed by atoms with Crippen molar-refractivity contribution < 1.29 is 4.79 Å². The van der Waals surface area contributed by atoms with Crippen molar-refractivity contribution >= 4 is 17.5 Å². The first-order chi connectivity index (χ1) is 10.0. The number of halogens is 1. The van der Waals surface area contributed by atoms with Crippen molar-refractivity contribution in [2.75, 3.05) is 26.2 Å². The van der Waals surface area contributed by atoms with E-state index in [0.29, 0.717) is 25.2 Å². The summed E-state index contributed by atoms with van der Waals surface area (Å²) in [6, 6.07) is 8.63. The van der Waals surface area contributed by atoms with E-state index < -0.39 is 0 Å². The van der Waals surface area contributed by atoms with Crippen LogP contribution in [0.1, 0.15) is 19.4 Å². The second-order valence-corrected chi connectivity index (χ2v) is 6.33. The number of carbonyl (C=O) groups is 1. The van der Waals surface area contributed by atoms with Crippen molar-refractivity contribution in [2.45, 2.75) is 32.4 Å². The Hall–Kier alpha value is -1.10. The zero-order valence-corrected chi connectivity index (χ0v) is 13.5. The Morgan fingerprint density at radius 2 is 2.10 bits per heavy atom. The van der Waals surface area contributed by atoms with E-state index in [2.05, 4.69) is 29.4 Å². The van der Waals surface area contributed by atoms with E-state index in [9.17, 15) is 4.79 Å². The highest BCUT2D eigenvalue weighted by atomic mass is 35.5. The van der Waals surface area contributed by atoms with Gasteiger partial charge in [0, 0.05) is 36.7 Å². The van der Waals surface area contributed by atoms with Gasteiger partial charge in [-0.3, -0.25) is 9.69 Å². The zero-order valence-electron chi connectivity index (χ0n) is 12.7. The van der Waals surface area contributed by atoms with Crippen LogP contribution in [0.15, 0.2) is 24.3 Å². The van der Waals surface area contributed by atoms with Crippen molar-refractivity contribution in [1.29, 1.82) is 0 Å². The van der Waals surface area contributed by atoms with Gasteiger partial charge in [-0.15, -0.1) is 0 Å². The molecule has 2 rings (SSSR count). The minimum absolute atomic E-state index is 0.0957. The lowest BCUT2D eigenvalue weighted by Gasteiger charge is -2.35. The van der Waals surface area contributed by atoms with E-state index >= 15 is 0 Å². The number of amides is 1. The molecule has 0 spiro atoms. The van der Waals surface area contributed by atoms with Gasteiger partial charge in [0.1, 0.15) is 0 Å². The fourth-order valence-electron chi connectivity index (χ4n) is 2.87. The molecule has 1 fully saturated rings. The molecule has 21 heavy (non-hydrogen) atoms. The van der Waals surface area contributed by atoms with Crippen LogP contribution in [0.25, 0.3) is 0 Å². The van der Waals surface area contributed by atoms with Gasteiger partial charge in [-0.1, -0.05) is 23.7 Å². The molecule has 0 aliphatic carbocycles. The SMILES string of the molecule is CC1CN(CC(=O)NCCc2cccc(Cl)c2)CC(C)N1. The monoisotopic (exact) mass is 309 g/mol. The predicted molar refractivity (Wildman–Crippen MR) is 86.7 cm³/mol.